The van der Waals surface area contributed by atoms with E-state index < -0.39 is 5.60 Å². The quantitative estimate of drug-likeness (QED) is 0.711. The van der Waals surface area contributed by atoms with Crippen LogP contribution < -0.4 is 5.32 Å². The molecule has 5 heteroatoms. The Kier molecular flexibility index (Phi) is 3.32. The van der Waals surface area contributed by atoms with Gasteiger partial charge < -0.3 is 15.2 Å². The van der Waals surface area contributed by atoms with Crippen LogP contribution in [0.2, 0.25) is 0 Å². The molecule has 2 bridgehead atoms. The second-order valence-electron chi connectivity index (χ2n) is 5.88. The largest absolute Gasteiger partial charge is 0.444 e. The van der Waals surface area contributed by atoms with Crippen molar-refractivity contribution in [3.8, 4) is 0 Å². The van der Waals surface area contributed by atoms with Crippen LogP contribution in [0.15, 0.2) is 0 Å². The van der Waals surface area contributed by atoms with Crippen molar-refractivity contribution in [2.75, 3.05) is 13.2 Å². The Balaban J connectivity index is 2.07. The Labute approximate surface area is 102 Å². The SMILES string of the molecule is CC(C)(C)OC(=O)N1C2CCC1[C@H](CO)NC2. The number of nitrogens with one attached hydrogen (secondary N) is 1. The zero-order chi connectivity index (χ0) is 12.6. The summed E-state index contributed by atoms with van der Waals surface area (Å²) >= 11 is 0. The van der Waals surface area contributed by atoms with Crippen LogP contribution in [-0.4, -0.2) is 53.0 Å². The summed E-state index contributed by atoms with van der Waals surface area (Å²) in [6, 6.07) is 0.285. The molecule has 0 aromatic carbocycles. The number of aliphatic hydroxyl groups excluding tert-OH is 1. The second kappa shape index (κ2) is 4.46. The fourth-order valence-corrected chi connectivity index (χ4v) is 2.72. The third-order valence-electron chi connectivity index (χ3n) is 3.43. The summed E-state index contributed by atoms with van der Waals surface area (Å²) in [6.45, 7) is 6.44. The van der Waals surface area contributed by atoms with Crippen molar-refractivity contribution in [1.82, 2.24) is 10.2 Å². The molecule has 0 aliphatic carbocycles. The molecule has 0 spiro atoms. The summed E-state index contributed by atoms with van der Waals surface area (Å²) in [5.41, 5.74) is -0.462. The summed E-state index contributed by atoms with van der Waals surface area (Å²) < 4.78 is 5.43. The normalized spacial score (nSPS) is 32.7. The summed E-state index contributed by atoms with van der Waals surface area (Å²) in [4.78, 5) is 14.0. The van der Waals surface area contributed by atoms with Gasteiger partial charge in [0.1, 0.15) is 5.60 Å². The third kappa shape index (κ3) is 2.55. The zero-order valence-corrected chi connectivity index (χ0v) is 10.8. The van der Waals surface area contributed by atoms with Crippen molar-refractivity contribution >= 4 is 6.09 Å². The smallest absolute Gasteiger partial charge is 0.410 e. The summed E-state index contributed by atoms with van der Waals surface area (Å²) in [6.07, 6.45) is 1.69. The van der Waals surface area contributed by atoms with Crippen LogP contribution in [0.3, 0.4) is 0 Å². The van der Waals surface area contributed by atoms with E-state index in [9.17, 15) is 9.90 Å². The van der Waals surface area contributed by atoms with Crippen molar-refractivity contribution in [2.45, 2.75) is 57.3 Å². The maximum Gasteiger partial charge on any atom is 0.410 e. The molecule has 98 valence electrons. The molecule has 2 N–H and O–H groups in total. The van der Waals surface area contributed by atoms with Crippen LogP contribution in [0.4, 0.5) is 4.79 Å². The number of ether oxygens (including phenoxy) is 1. The van der Waals surface area contributed by atoms with Crippen LogP contribution in [0.25, 0.3) is 0 Å². The van der Waals surface area contributed by atoms with Gasteiger partial charge in [-0.1, -0.05) is 0 Å². The highest BCUT2D eigenvalue weighted by Crippen LogP contribution is 2.31. The standard InChI is InChI=1S/C12H22N2O3/c1-12(2,3)17-11(16)14-8-4-5-10(14)9(7-15)13-6-8/h8-10,13,15H,4-7H2,1-3H3/t8?,9-,10?/m0/s1. The lowest BCUT2D eigenvalue weighted by molar-refractivity contribution is 0.000412. The predicted octanol–water partition coefficient (Wildman–Crippen LogP) is 0.719. The van der Waals surface area contributed by atoms with Gasteiger partial charge in [0.2, 0.25) is 0 Å². The molecular weight excluding hydrogens is 220 g/mol. The second-order valence-corrected chi connectivity index (χ2v) is 5.88. The number of carbonyl (C=O) groups is 1. The van der Waals surface area contributed by atoms with Crippen LogP contribution in [0, 0.1) is 0 Å². The molecule has 2 fully saturated rings. The van der Waals surface area contributed by atoms with Crippen molar-refractivity contribution in [3.63, 3.8) is 0 Å². The molecule has 2 saturated heterocycles. The van der Waals surface area contributed by atoms with E-state index in [0.717, 1.165) is 19.4 Å². The molecule has 17 heavy (non-hydrogen) atoms. The lowest BCUT2D eigenvalue weighted by Crippen LogP contribution is -2.61. The van der Waals surface area contributed by atoms with Crippen molar-refractivity contribution in [3.05, 3.63) is 0 Å². The first-order valence-corrected chi connectivity index (χ1v) is 6.28. The van der Waals surface area contributed by atoms with Crippen molar-refractivity contribution < 1.29 is 14.6 Å². The summed E-state index contributed by atoms with van der Waals surface area (Å²) in [7, 11) is 0. The number of carbonyl (C=O) groups excluding carboxylic acids is 1. The van der Waals surface area contributed by atoms with Crippen molar-refractivity contribution in [2.24, 2.45) is 0 Å². The number of fused-ring (bicyclic) bond motifs is 2. The van der Waals surface area contributed by atoms with Gasteiger partial charge in [-0.2, -0.15) is 0 Å². The Morgan fingerprint density at radius 3 is 2.76 bits per heavy atom. The molecule has 1 amide bonds. The number of hydrogen-bond donors (Lipinski definition) is 2. The van der Waals surface area contributed by atoms with E-state index in [-0.39, 0.29) is 30.8 Å². The molecule has 0 aromatic heterocycles. The minimum Gasteiger partial charge on any atom is -0.444 e. The minimum atomic E-state index is -0.462. The molecule has 0 aromatic rings. The Morgan fingerprint density at radius 1 is 1.47 bits per heavy atom. The van der Waals surface area contributed by atoms with E-state index >= 15 is 0 Å². The van der Waals surface area contributed by atoms with Gasteiger partial charge in [0.15, 0.2) is 0 Å². The third-order valence-corrected chi connectivity index (χ3v) is 3.43. The molecule has 2 unspecified atom stereocenters. The van der Waals surface area contributed by atoms with Gasteiger partial charge >= 0.3 is 6.09 Å². The molecule has 2 heterocycles. The molecule has 3 atom stereocenters. The first kappa shape index (κ1) is 12.6. The van der Waals surface area contributed by atoms with Crippen LogP contribution in [0.1, 0.15) is 33.6 Å². The maximum absolute atomic E-state index is 12.1. The first-order valence-electron chi connectivity index (χ1n) is 6.28. The van der Waals surface area contributed by atoms with Gasteiger partial charge in [0.05, 0.1) is 18.7 Å². The number of amides is 1. The molecule has 2 aliphatic heterocycles. The molecular formula is C12H22N2O3. The number of aliphatic hydroxyl groups is 1. The van der Waals surface area contributed by atoms with Crippen LogP contribution in [0.5, 0.6) is 0 Å². The lowest BCUT2D eigenvalue weighted by atomic mass is 10.1. The van der Waals surface area contributed by atoms with E-state index in [1.807, 2.05) is 25.7 Å². The predicted molar refractivity (Wildman–Crippen MR) is 63.8 cm³/mol. The maximum atomic E-state index is 12.1. The monoisotopic (exact) mass is 242 g/mol. The van der Waals surface area contributed by atoms with E-state index in [1.165, 1.54) is 0 Å². The van der Waals surface area contributed by atoms with Crippen molar-refractivity contribution in [1.29, 1.82) is 0 Å². The lowest BCUT2D eigenvalue weighted by Gasteiger charge is -2.40. The molecule has 5 nitrogen and oxygen atoms in total. The highest BCUT2D eigenvalue weighted by molar-refractivity contribution is 5.70. The molecule has 2 rings (SSSR count). The number of nitrogens with zero attached hydrogens (tertiary/aromatic N) is 1. The number of rotatable bonds is 1. The Hall–Kier alpha value is -0.810. The Bertz CT molecular complexity index is 301. The van der Waals surface area contributed by atoms with E-state index in [4.69, 9.17) is 4.74 Å². The van der Waals surface area contributed by atoms with E-state index in [0.29, 0.717) is 0 Å². The van der Waals surface area contributed by atoms with Gasteiger partial charge in [0.25, 0.3) is 0 Å². The van der Waals surface area contributed by atoms with Crippen LogP contribution in [-0.2, 0) is 4.74 Å². The van der Waals surface area contributed by atoms with Gasteiger partial charge in [-0.25, -0.2) is 4.79 Å². The summed E-state index contributed by atoms with van der Waals surface area (Å²) in [5, 5.41) is 12.6. The Morgan fingerprint density at radius 2 is 2.18 bits per heavy atom. The van der Waals surface area contributed by atoms with Gasteiger partial charge in [-0.3, -0.25) is 4.90 Å². The topological polar surface area (TPSA) is 61.8 Å². The van der Waals surface area contributed by atoms with Gasteiger partial charge in [-0.05, 0) is 33.6 Å². The minimum absolute atomic E-state index is 0.0127. The van der Waals surface area contributed by atoms with Crippen LogP contribution >= 0.6 is 0 Å². The molecule has 0 saturated carbocycles. The summed E-state index contributed by atoms with van der Waals surface area (Å²) in [5.74, 6) is 0. The van der Waals surface area contributed by atoms with E-state index in [2.05, 4.69) is 5.32 Å². The highest BCUT2D eigenvalue weighted by Gasteiger charge is 2.45. The fraction of sp³-hybridized carbons (Fsp3) is 0.917. The number of piperazine rings is 1. The van der Waals surface area contributed by atoms with Gasteiger partial charge in [0, 0.05) is 12.6 Å². The van der Waals surface area contributed by atoms with E-state index in [1.54, 1.807) is 0 Å². The fourth-order valence-electron chi connectivity index (χ4n) is 2.72. The average molecular weight is 242 g/mol. The first-order chi connectivity index (χ1) is 7.92. The molecule has 2 aliphatic rings. The van der Waals surface area contributed by atoms with Gasteiger partial charge in [-0.15, -0.1) is 0 Å². The zero-order valence-electron chi connectivity index (χ0n) is 10.8. The average Bonchev–Trinajstić information content (AvgIpc) is 2.52. The number of hydrogen-bond acceptors (Lipinski definition) is 4. The highest BCUT2D eigenvalue weighted by atomic mass is 16.6. The molecule has 0 radical (unpaired) electrons.